The van der Waals surface area contributed by atoms with E-state index >= 15 is 0 Å². The highest BCUT2D eigenvalue weighted by Gasteiger charge is 2.33. The number of Topliss-reactive ketones (excluding diaryl/α,β-unsaturated/α-hetero) is 1. The van der Waals surface area contributed by atoms with Gasteiger partial charge in [-0.15, -0.1) is 12.4 Å². The van der Waals surface area contributed by atoms with Crippen LogP contribution in [0.4, 0.5) is 5.69 Å². The Kier molecular flexibility index (Phi) is 13.6. The van der Waals surface area contributed by atoms with Crippen LogP contribution in [0.2, 0.25) is 0 Å². The second-order valence-electron chi connectivity index (χ2n) is 9.60. The van der Waals surface area contributed by atoms with Crippen molar-refractivity contribution in [3.8, 4) is 0 Å². The normalized spacial score (nSPS) is 12.7. The molecule has 3 aromatic rings. The van der Waals surface area contributed by atoms with E-state index in [9.17, 15) is 19.2 Å². The van der Waals surface area contributed by atoms with Gasteiger partial charge in [0.25, 0.3) is 0 Å². The number of para-hydroxylation sites is 1. The molecule has 0 saturated heterocycles. The molecule has 0 aliphatic carbocycles. The number of carbonyl (C=O) groups is 4. The number of benzene rings is 3. The zero-order valence-corrected chi connectivity index (χ0v) is 24.3. The zero-order valence-electron chi connectivity index (χ0n) is 23.5. The largest absolute Gasteiger partial charge is 0.467 e. The fraction of sp³-hybridized carbons (Fsp3) is 0.290. The number of nitrogens with two attached hydrogens (primary N) is 2. The van der Waals surface area contributed by atoms with Crippen molar-refractivity contribution in [3.63, 3.8) is 0 Å². The predicted octanol–water partition coefficient (Wildman–Crippen LogP) is 2.99. The number of halogens is 1. The Hall–Kier alpha value is -4.25. The summed E-state index contributed by atoms with van der Waals surface area (Å²) < 4.78 is 10.2. The standard InChI is InChI=1S/C31H36N4O6.ClH/c1-20(30(38)40-2)34-25-16-10-9-15-23(25)28(36)26(17-21-11-5-3-6-12-21)35-29(37)24(18-27(32)33)31(39)41-19-22-13-7-4-8-14-22;/h3-16,20,24,26-27,34H,17-19,32-33H2,1-2H3,(H,35,37);1H/t20-,24?,26-;/m0./s1. The van der Waals surface area contributed by atoms with E-state index in [0.717, 1.165) is 11.1 Å². The lowest BCUT2D eigenvalue weighted by molar-refractivity contribution is -0.154. The quantitative estimate of drug-likeness (QED) is 0.0948. The number of amides is 1. The maximum Gasteiger partial charge on any atom is 0.327 e. The van der Waals surface area contributed by atoms with Crippen LogP contribution in [0, 0.1) is 5.92 Å². The number of ether oxygens (including phenoxy) is 2. The van der Waals surface area contributed by atoms with Crippen molar-refractivity contribution in [3.05, 3.63) is 102 Å². The molecule has 6 N–H and O–H groups in total. The van der Waals surface area contributed by atoms with Crippen molar-refractivity contribution < 1.29 is 28.7 Å². The van der Waals surface area contributed by atoms with Crippen molar-refractivity contribution in [2.24, 2.45) is 17.4 Å². The SMILES string of the molecule is COC(=O)[C@H](C)Nc1ccccc1C(=O)[C@H](Cc1ccccc1)NC(=O)C(CC(N)N)C(=O)OCc1ccccc1.Cl. The van der Waals surface area contributed by atoms with Gasteiger partial charge in [0.05, 0.1) is 19.3 Å². The summed E-state index contributed by atoms with van der Waals surface area (Å²) in [6.07, 6.45) is -1.00. The third kappa shape index (κ3) is 9.99. The van der Waals surface area contributed by atoms with E-state index in [4.69, 9.17) is 20.9 Å². The number of carbonyl (C=O) groups excluding carboxylic acids is 4. The van der Waals surface area contributed by atoms with Crippen LogP contribution in [-0.2, 0) is 36.9 Å². The molecule has 42 heavy (non-hydrogen) atoms. The maximum absolute atomic E-state index is 13.9. The average Bonchev–Trinajstić information content (AvgIpc) is 2.98. The molecule has 0 aliphatic rings. The molecule has 10 nitrogen and oxygen atoms in total. The molecule has 0 saturated carbocycles. The van der Waals surface area contributed by atoms with Crippen LogP contribution >= 0.6 is 12.4 Å². The first-order valence-electron chi connectivity index (χ1n) is 13.2. The minimum Gasteiger partial charge on any atom is -0.467 e. The lowest BCUT2D eigenvalue weighted by Gasteiger charge is -2.24. The Morgan fingerprint density at radius 1 is 0.810 bits per heavy atom. The topological polar surface area (TPSA) is 163 Å². The zero-order chi connectivity index (χ0) is 29.8. The summed E-state index contributed by atoms with van der Waals surface area (Å²) >= 11 is 0. The summed E-state index contributed by atoms with van der Waals surface area (Å²) in [5.41, 5.74) is 13.7. The highest BCUT2D eigenvalue weighted by molar-refractivity contribution is 6.07. The molecule has 0 heterocycles. The monoisotopic (exact) mass is 596 g/mol. The summed E-state index contributed by atoms with van der Waals surface area (Å²) in [6, 6.07) is 23.0. The number of ketones is 1. The first-order valence-corrected chi connectivity index (χ1v) is 13.2. The number of rotatable bonds is 14. The van der Waals surface area contributed by atoms with Gasteiger partial charge in [0.1, 0.15) is 18.6 Å². The third-order valence-electron chi connectivity index (χ3n) is 6.37. The number of anilines is 1. The van der Waals surface area contributed by atoms with Crippen LogP contribution in [0.15, 0.2) is 84.9 Å². The maximum atomic E-state index is 13.9. The summed E-state index contributed by atoms with van der Waals surface area (Å²) in [5.74, 6) is -3.79. The van der Waals surface area contributed by atoms with Crippen LogP contribution in [-0.4, -0.2) is 49.0 Å². The molecule has 0 spiro atoms. The number of methoxy groups -OCH3 is 1. The molecule has 3 atom stereocenters. The van der Waals surface area contributed by atoms with E-state index < -0.39 is 47.8 Å². The van der Waals surface area contributed by atoms with Crippen molar-refractivity contribution in [1.29, 1.82) is 0 Å². The van der Waals surface area contributed by atoms with Gasteiger partial charge in [0.2, 0.25) is 5.91 Å². The van der Waals surface area contributed by atoms with Gasteiger partial charge in [0.15, 0.2) is 5.78 Å². The van der Waals surface area contributed by atoms with E-state index in [0.29, 0.717) is 5.69 Å². The number of hydrogen-bond donors (Lipinski definition) is 4. The molecule has 0 aromatic heterocycles. The molecule has 1 unspecified atom stereocenters. The van der Waals surface area contributed by atoms with Crippen LogP contribution < -0.4 is 22.1 Å². The predicted molar refractivity (Wildman–Crippen MR) is 162 cm³/mol. The molecular formula is C31H37ClN4O6. The minimum atomic E-state index is -1.34. The van der Waals surface area contributed by atoms with E-state index in [-0.39, 0.29) is 37.4 Å². The molecular weight excluding hydrogens is 560 g/mol. The first kappa shape index (κ1) is 34.0. The van der Waals surface area contributed by atoms with E-state index in [1.165, 1.54) is 7.11 Å². The fourth-order valence-electron chi connectivity index (χ4n) is 4.22. The minimum absolute atomic E-state index is 0. The lowest BCUT2D eigenvalue weighted by atomic mass is 9.94. The van der Waals surface area contributed by atoms with Crippen molar-refractivity contribution in [2.75, 3.05) is 12.4 Å². The molecule has 3 aromatic carbocycles. The smallest absolute Gasteiger partial charge is 0.327 e. The number of hydrogen-bond acceptors (Lipinski definition) is 9. The Labute approximate surface area is 251 Å². The van der Waals surface area contributed by atoms with Crippen LogP contribution in [0.5, 0.6) is 0 Å². The highest BCUT2D eigenvalue weighted by Crippen LogP contribution is 2.21. The second-order valence-corrected chi connectivity index (χ2v) is 9.60. The first-order chi connectivity index (χ1) is 19.7. The van der Waals surface area contributed by atoms with Crippen LogP contribution in [0.1, 0.15) is 34.8 Å². The van der Waals surface area contributed by atoms with Gasteiger partial charge < -0.3 is 31.6 Å². The van der Waals surface area contributed by atoms with Gasteiger partial charge in [-0.05, 0) is 36.6 Å². The van der Waals surface area contributed by atoms with E-state index in [2.05, 4.69) is 10.6 Å². The summed E-state index contributed by atoms with van der Waals surface area (Å²) in [7, 11) is 1.28. The van der Waals surface area contributed by atoms with Gasteiger partial charge >= 0.3 is 11.9 Å². The summed E-state index contributed by atoms with van der Waals surface area (Å²) in [5, 5.41) is 5.74. The van der Waals surface area contributed by atoms with Gasteiger partial charge in [-0.25, -0.2) is 4.79 Å². The molecule has 11 heteroatoms. The number of esters is 2. The van der Waals surface area contributed by atoms with E-state index in [1.807, 2.05) is 48.5 Å². The van der Waals surface area contributed by atoms with Crippen LogP contribution in [0.25, 0.3) is 0 Å². The molecule has 0 aliphatic heterocycles. The summed E-state index contributed by atoms with van der Waals surface area (Å²) in [6.45, 7) is 1.57. The molecule has 3 rings (SSSR count). The highest BCUT2D eigenvalue weighted by atomic mass is 35.5. The molecule has 224 valence electrons. The average molecular weight is 597 g/mol. The number of nitrogens with one attached hydrogen (secondary N) is 2. The van der Waals surface area contributed by atoms with Gasteiger partial charge in [-0.2, -0.15) is 0 Å². The van der Waals surface area contributed by atoms with Crippen LogP contribution in [0.3, 0.4) is 0 Å². The van der Waals surface area contributed by atoms with Gasteiger partial charge in [-0.1, -0.05) is 72.8 Å². The lowest BCUT2D eigenvalue weighted by Crippen LogP contribution is -2.49. The fourth-order valence-corrected chi connectivity index (χ4v) is 4.22. The molecule has 0 radical (unpaired) electrons. The third-order valence-corrected chi connectivity index (χ3v) is 6.37. The Bertz CT molecular complexity index is 1320. The Morgan fingerprint density at radius 2 is 1.38 bits per heavy atom. The van der Waals surface area contributed by atoms with Crippen molar-refractivity contribution in [1.82, 2.24) is 5.32 Å². The van der Waals surface area contributed by atoms with Gasteiger partial charge in [0, 0.05) is 17.7 Å². The van der Waals surface area contributed by atoms with Gasteiger partial charge in [-0.3, -0.25) is 14.4 Å². The Morgan fingerprint density at radius 3 is 1.98 bits per heavy atom. The van der Waals surface area contributed by atoms with Crippen molar-refractivity contribution in [2.45, 2.75) is 44.6 Å². The molecule has 0 fully saturated rings. The van der Waals surface area contributed by atoms with E-state index in [1.54, 1.807) is 43.3 Å². The molecule has 0 bridgehead atoms. The summed E-state index contributed by atoms with van der Waals surface area (Å²) in [4.78, 5) is 52.4. The second kappa shape index (κ2) is 16.9. The van der Waals surface area contributed by atoms with Crippen molar-refractivity contribution >= 4 is 41.7 Å². The molecule has 1 amide bonds. The Balaban J connectivity index is 0.00000616.